The zero-order valence-electron chi connectivity index (χ0n) is 11.1. The summed E-state index contributed by atoms with van der Waals surface area (Å²) in [6, 6.07) is 6.96. The van der Waals surface area contributed by atoms with Crippen LogP contribution in [0.5, 0.6) is 0 Å². The first kappa shape index (κ1) is 16.0. The molecule has 1 heterocycles. The lowest BCUT2D eigenvalue weighted by Gasteiger charge is -2.18. The van der Waals surface area contributed by atoms with E-state index in [1.54, 1.807) is 17.4 Å². The smallest absolute Gasteiger partial charge is 0.124 e. The van der Waals surface area contributed by atoms with Crippen LogP contribution in [-0.4, -0.2) is 12.6 Å². The Morgan fingerprint density at radius 3 is 2.75 bits per heavy atom. The Morgan fingerprint density at radius 2 is 2.15 bits per heavy atom. The zero-order chi connectivity index (χ0) is 14.5. The van der Waals surface area contributed by atoms with Crippen molar-refractivity contribution in [3.05, 3.63) is 55.4 Å². The highest BCUT2D eigenvalue weighted by Crippen LogP contribution is 2.26. The predicted molar refractivity (Wildman–Crippen MR) is 88.3 cm³/mol. The van der Waals surface area contributed by atoms with E-state index in [-0.39, 0.29) is 11.9 Å². The van der Waals surface area contributed by atoms with Crippen LogP contribution in [0.25, 0.3) is 0 Å². The van der Waals surface area contributed by atoms with Crippen LogP contribution < -0.4 is 5.32 Å². The molecular weight excluding hydrogens is 361 g/mol. The van der Waals surface area contributed by atoms with Crippen molar-refractivity contribution >= 4 is 38.9 Å². The molecule has 1 aromatic heterocycles. The van der Waals surface area contributed by atoms with Crippen LogP contribution >= 0.6 is 38.9 Å². The molecule has 0 aliphatic carbocycles. The molecule has 5 heteroatoms. The summed E-state index contributed by atoms with van der Waals surface area (Å²) < 4.78 is 14.2. The van der Waals surface area contributed by atoms with Crippen molar-refractivity contribution in [3.63, 3.8) is 0 Å². The van der Waals surface area contributed by atoms with Crippen molar-refractivity contribution in [3.8, 4) is 0 Å². The van der Waals surface area contributed by atoms with Gasteiger partial charge in [0.2, 0.25) is 0 Å². The number of hydrogen-bond donors (Lipinski definition) is 1. The van der Waals surface area contributed by atoms with E-state index in [9.17, 15) is 4.39 Å². The monoisotopic (exact) mass is 375 g/mol. The highest BCUT2D eigenvalue weighted by Gasteiger charge is 2.14. The first-order chi connectivity index (χ1) is 9.60. The van der Waals surface area contributed by atoms with Gasteiger partial charge < -0.3 is 5.32 Å². The Balaban J connectivity index is 2.11. The van der Waals surface area contributed by atoms with E-state index < -0.39 is 0 Å². The van der Waals surface area contributed by atoms with Crippen LogP contribution in [-0.2, 0) is 12.8 Å². The van der Waals surface area contributed by atoms with E-state index in [4.69, 9.17) is 11.6 Å². The summed E-state index contributed by atoms with van der Waals surface area (Å²) in [5, 5.41) is 6.05. The standard InChI is InChI=1S/C15H16BrClFNS/c1-2-19-12(9-15-13(16)5-6-20-15)7-10-3-4-11(18)8-14(10)17/h3-6,8,12,19H,2,7,9H2,1H3. The second-order valence-corrected chi connectivity index (χ2v) is 6.85. The van der Waals surface area contributed by atoms with Crippen molar-refractivity contribution in [2.24, 2.45) is 0 Å². The summed E-state index contributed by atoms with van der Waals surface area (Å²) in [7, 11) is 0. The largest absolute Gasteiger partial charge is 0.314 e. The van der Waals surface area contributed by atoms with Crippen LogP contribution in [0.2, 0.25) is 5.02 Å². The minimum atomic E-state index is -0.292. The molecule has 0 amide bonds. The molecule has 0 saturated carbocycles. The number of nitrogens with one attached hydrogen (secondary N) is 1. The fourth-order valence-electron chi connectivity index (χ4n) is 2.15. The molecule has 2 rings (SSSR count). The lowest BCUT2D eigenvalue weighted by Crippen LogP contribution is -2.33. The molecule has 1 atom stereocenters. The summed E-state index contributed by atoms with van der Waals surface area (Å²) in [5.41, 5.74) is 0.978. The van der Waals surface area contributed by atoms with Crippen molar-refractivity contribution in [1.29, 1.82) is 0 Å². The topological polar surface area (TPSA) is 12.0 Å². The van der Waals surface area contributed by atoms with Crippen LogP contribution in [0.4, 0.5) is 4.39 Å². The number of hydrogen-bond acceptors (Lipinski definition) is 2. The van der Waals surface area contributed by atoms with Crippen molar-refractivity contribution in [2.75, 3.05) is 6.54 Å². The molecule has 0 aliphatic heterocycles. The summed E-state index contributed by atoms with van der Waals surface area (Å²) >= 11 is 11.4. The lowest BCUT2D eigenvalue weighted by molar-refractivity contribution is 0.523. The predicted octanol–water partition coefficient (Wildman–Crippen LogP) is 5.07. The second kappa shape index (κ2) is 7.55. The van der Waals surface area contributed by atoms with Crippen LogP contribution in [0, 0.1) is 5.82 Å². The van der Waals surface area contributed by atoms with E-state index in [0.29, 0.717) is 5.02 Å². The zero-order valence-corrected chi connectivity index (χ0v) is 14.3. The molecule has 1 N–H and O–H groups in total. The minimum Gasteiger partial charge on any atom is -0.314 e. The summed E-state index contributed by atoms with van der Waals surface area (Å²) in [6.07, 6.45) is 1.72. The normalized spacial score (nSPS) is 12.6. The molecule has 0 radical (unpaired) electrons. The highest BCUT2D eigenvalue weighted by molar-refractivity contribution is 9.10. The number of rotatable bonds is 6. The fourth-order valence-corrected chi connectivity index (χ4v) is 3.99. The Morgan fingerprint density at radius 1 is 1.35 bits per heavy atom. The second-order valence-electron chi connectivity index (χ2n) is 4.59. The molecule has 0 fully saturated rings. The first-order valence-corrected chi connectivity index (χ1v) is 8.54. The molecule has 1 nitrogen and oxygen atoms in total. The molecule has 0 aliphatic rings. The van der Waals surface area contributed by atoms with Crippen LogP contribution in [0.15, 0.2) is 34.1 Å². The lowest BCUT2D eigenvalue weighted by atomic mass is 10.0. The summed E-state index contributed by atoms with van der Waals surface area (Å²) in [6.45, 7) is 2.98. The molecule has 0 spiro atoms. The van der Waals surface area contributed by atoms with Gasteiger partial charge in [0, 0.05) is 20.4 Å². The van der Waals surface area contributed by atoms with Gasteiger partial charge >= 0.3 is 0 Å². The van der Waals surface area contributed by atoms with Gasteiger partial charge in [0.25, 0.3) is 0 Å². The van der Waals surface area contributed by atoms with E-state index in [0.717, 1.165) is 29.4 Å². The van der Waals surface area contributed by atoms with Gasteiger partial charge in [0.15, 0.2) is 0 Å². The molecular formula is C15H16BrClFNS. The SMILES string of the molecule is CCNC(Cc1ccc(F)cc1Cl)Cc1sccc1Br. The van der Waals surface area contributed by atoms with Crippen LogP contribution in [0.3, 0.4) is 0 Å². The van der Waals surface area contributed by atoms with E-state index in [2.05, 4.69) is 39.6 Å². The van der Waals surface area contributed by atoms with Gasteiger partial charge in [0.05, 0.1) is 0 Å². The van der Waals surface area contributed by atoms with Gasteiger partial charge in [-0.05, 0) is 64.5 Å². The molecule has 2 aromatic rings. The fraction of sp³-hybridized carbons (Fsp3) is 0.333. The third kappa shape index (κ3) is 4.29. The van der Waals surface area contributed by atoms with Gasteiger partial charge in [-0.2, -0.15) is 0 Å². The maximum atomic E-state index is 13.1. The van der Waals surface area contributed by atoms with Gasteiger partial charge in [0.1, 0.15) is 5.82 Å². The van der Waals surface area contributed by atoms with E-state index >= 15 is 0 Å². The Bertz CT molecular complexity index is 573. The Labute approximate surface area is 136 Å². The molecule has 108 valence electrons. The van der Waals surface area contributed by atoms with Gasteiger partial charge in [-0.15, -0.1) is 11.3 Å². The highest BCUT2D eigenvalue weighted by atomic mass is 79.9. The number of likely N-dealkylation sites (N-methyl/N-ethyl adjacent to an activating group) is 1. The van der Waals surface area contributed by atoms with Gasteiger partial charge in [-0.3, -0.25) is 0 Å². The quantitative estimate of drug-likeness (QED) is 0.742. The molecule has 1 aromatic carbocycles. The third-order valence-corrected chi connectivity index (χ3v) is 5.40. The van der Waals surface area contributed by atoms with E-state index in [1.165, 1.54) is 17.0 Å². The molecule has 1 unspecified atom stereocenters. The number of halogens is 3. The van der Waals surface area contributed by atoms with Crippen molar-refractivity contribution in [2.45, 2.75) is 25.8 Å². The average molecular weight is 377 g/mol. The number of benzene rings is 1. The van der Waals surface area contributed by atoms with Crippen LogP contribution in [0.1, 0.15) is 17.4 Å². The average Bonchev–Trinajstić information content (AvgIpc) is 2.79. The first-order valence-electron chi connectivity index (χ1n) is 6.49. The molecule has 0 saturated heterocycles. The number of thiophene rings is 1. The maximum absolute atomic E-state index is 13.1. The maximum Gasteiger partial charge on any atom is 0.124 e. The Hall–Kier alpha value is -0.420. The molecule has 20 heavy (non-hydrogen) atoms. The molecule has 0 bridgehead atoms. The van der Waals surface area contributed by atoms with Crippen molar-refractivity contribution in [1.82, 2.24) is 5.32 Å². The summed E-state index contributed by atoms with van der Waals surface area (Å²) in [5.74, 6) is -0.292. The minimum absolute atomic E-state index is 0.290. The van der Waals surface area contributed by atoms with Gasteiger partial charge in [-0.1, -0.05) is 24.6 Å². The summed E-state index contributed by atoms with van der Waals surface area (Å²) in [4.78, 5) is 1.31. The Kier molecular flexibility index (Phi) is 6.02. The van der Waals surface area contributed by atoms with E-state index in [1.807, 2.05) is 0 Å². The van der Waals surface area contributed by atoms with Crippen molar-refractivity contribution < 1.29 is 4.39 Å². The third-order valence-electron chi connectivity index (χ3n) is 3.10. The van der Waals surface area contributed by atoms with Gasteiger partial charge in [-0.25, -0.2) is 4.39 Å².